The van der Waals surface area contributed by atoms with E-state index in [0.717, 1.165) is 0 Å². The zero-order valence-corrected chi connectivity index (χ0v) is 10.8. The van der Waals surface area contributed by atoms with E-state index in [1.807, 2.05) is 0 Å². The molecule has 20 heavy (non-hydrogen) atoms. The summed E-state index contributed by atoms with van der Waals surface area (Å²) in [5.74, 6) is -0.408. The molecule has 0 fully saturated rings. The smallest absolute Gasteiger partial charge is 0.335 e. The zero-order chi connectivity index (χ0) is 14.7. The van der Waals surface area contributed by atoms with Crippen molar-refractivity contribution >= 4 is 11.9 Å². The van der Waals surface area contributed by atoms with Crippen LogP contribution in [0.25, 0.3) is 0 Å². The number of nitrogens with two attached hydrogens (primary N) is 1. The molecule has 0 unspecified atom stereocenters. The highest BCUT2D eigenvalue weighted by molar-refractivity contribution is 5.92. The summed E-state index contributed by atoms with van der Waals surface area (Å²) in [4.78, 5) is 21.9. The summed E-state index contributed by atoms with van der Waals surface area (Å²) < 4.78 is 5.58. The lowest BCUT2D eigenvalue weighted by molar-refractivity contribution is 0.0696. The number of carbonyl (C=O) groups excluding carboxylic acids is 1. The van der Waals surface area contributed by atoms with Gasteiger partial charge in [0.2, 0.25) is 5.91 Å². The van der Waals surface area contributed by atoms with Crippen LogP contribution in [0, 0.1) is 6.92 Å². The Labute approximate surface area is 115 Å². The summed E-state index contributed by atoms with van der Waals surface area (Å²) in [6, 6.07) is 11.1. The van der Waals surface area contributed by atoms with Crippen LogP contribution in [-0.2, 0) is 0 Å². The van der Waals surface area contributed by atoms with E-state index in [1.54, 1.807) is 43.3 Å². The van der Waals surface area contributed by atoms with Crippen molar-refractivity contribution in [1.82, 2.24) is 0 Å². The van der Waals surface area contributed by atoms with Crippen LogP contribution in [0.15, 0.2) is 42.5 Å². The Bertz CT molecular complexity index is 662. The Kier molecular flexibility index (Phi) is 3.70. The van der Waals surface area contributed by atoms with Gasteiger partial charge in [0.05, 0.1) is 5.56 Å². The van der Waals surface area contributed by atoms with Crippen molar-refractivity contribution in [2.24, 2.45) is 5.73 Å². The topological polar surface area (TPSA) is 89.6 Å². The number of aryl methyl sites for hydroxylation is 1. The van der Waals surface area contributed by atoms with Gasteiger partial charge in [-0.05, 0) is 55.0 Å². The second-order valence-electron chi connectivity index (χ2n) is 4.27. The molecule has 0 aliphatic rings. The first-order chi connectivity index (χ1) is 9.47. The molecule has 1 amide bonds. The average Bonchev–Trinajstić information content (AvgIpc) is 2.39. The molecule has 2 rings (SSSR count). The molecule has 3 N–H and O–H groups in total. The number of rotatable bonds is 4. The predicted molar refractivity (Wildman–Crippen MR) is 73.2 cm³/mol. The number of carboxylic acid groups (broad SMARTS) is 1. The molecular weight excluding hydrogens is 258 g/mol. The normalized spacial score (nSPS) is 10.1. The highest BCUT2D eigenvalue weighted by atomic mass is 16.5. The molecule has 2 aromatic carbocycles. The van der Waals surface area contributed by atoms with E-state index < -0.39 is 11.9 Å². The van der Waals surface area contributed by atoms with Crippen LogP contribution in [0.4, 0.5) is 0 Å². The van der Waals surface area contributed by atoms with Crippen molar-refractivity contribution in [2.75, 3.05) is 0 Å². The molecule has 5 heteroatoms. The van der Waals surface area contributed by atoms with Crippen molar-refractivity contribution in [3.63, 3.8) is 0 Å². The molecule has 0 aromatic heterocycles. The molecule has 2 aromatic rings. The van der Waals surface area contributed by atoms with E-state index in [4.69, 9.17) is 15.6 Å². The highest BCUT2D eigenvalue weighted by Gasteiger charge is 2.08. The number of carboxylic acids is 1. The van der Waals surface area contributed by atoms with Gasteiger partial charge in [0.1, 0.15) is 11.5 Å². The number of benzene rings is 2. The van der Waals surface area contributed by atoms with Crippen LogP contribution < -0.4 is 10.5 Å². The van der Waals surface area contributed by atoms with Gasteiger partial charge in [-0.3, -0.25) is 4.79 Å². The first kappa shape index (κ1) is 13.6. The lowest BCUT2D eigenvalue weighted by Crippen LogP contribution is -2.10. The number of primary amides is 1. The molecule has 0 atom stereocenters. The largest absolute Gasteiger partial charge is 0.478 e. The summed E-state index contributed by atoms with van der Waals surface area (Å²) in [5, 5.41) is 8.94. The minimum absolute atomic E-state index is 0.237. The zero-order valence-electron chi connectivity index (χ0n) is 10.8. The van der Waals surface area contributed by atoms with E-state index in [0.29, 0.717) is 22.6 Å². The SMILES string of the molecule is Cc1cc(Oc2ccc(C(N)=O)cc2)ccc1C(=O)O. The third kappa shape index (κ3) is 2.95. The molecule has 5 nitrogen and oxygen atoms in total. The van der Waals surface area contributed by atoms with Crippen LogP contribution in [0.3, 0.4) is 0 Å². The Morgan fingerprint density at radius 2 is 1.65 bits per heavy atom. The van der Waals surface area contributed by atoms with Crippen molar-refractivity contribution in [2.45, 2.75) is 6.92 Å². The predicted octanol–water partition coefficient (Wildman–Crippen LogP) is 2.58. The summed E-state index contributed by atoms with van der Waals surface area (Å²) in [6.07, 6.45) is 0. The fraction of sp³-hybridized carbons (Fsp3) is 0.0667. The number of carbonyl (C=O) groups is 2. The molecule has 102 valence electrons. The Morgan fingerprint density at radius 3 is 2.15 bits per heavy atom. The van der Waals surface area contributed by atoms with E-state index in [1.165, 1.54) is 6.07 Å². The Morgan fingerprint density at radius 1 is 1.05 bits per heavy atom. The van der Waals surface area contributed by atoms with E-state index in [2.05, 4.69) is 0 Å². The molecule has 0 saturated heterocycles. The van der Waals surface area contributed by atoms with Crippen molar-refractivity contribution in [3.05, 3.63) is 59.2 Å². The number of aromatic carboxylic acids is 1. The molecule has 0 spiro atoms. The number of hydrogen-bond acceptors (Lipinski definition) is 3. The van der Waals surface area contributed by atoms with Gasteiger partial charge in [-0.15, -0.1) is 0 Å². The first-order valence-corrected chi connectivity index (χ1v) is 5.89. The number of hydrogen-bond donors (Lipinski definition) is 2. The van der Waals surface area contributed by atoms with Gasteiger partial charge in [-0.25, -0.2) is 4.79 Å². The summed E-state index contributed by atoms with van der Waals surface area (Å²) in [7, 11) is 0. The molecule has 0 bridgehead atoms. The van der Waals surface area contributed by atoms with Crippen molar-refractivity contribution < 1.29 is 19.4 Å². The van der Waals surface area contributed by atoms with Crippen LogP contribution in [0.2, 0.25) is 0 Å². The molecular formula is C15H13NO4. The number of amides is 1. The van der Waals surface area contributed by atoms with E-state index in [-0.39, 0.29) is 5.56 Å². The summed E-state index contributed by atoms with van der Waals surface area (Å²) >= 11 is 0. The third-order valence-electron chi connectivity index (χ3n) is 2.80. The van der Waals surface area contributed by atoms with Crippen LogP contribution >= 0.6 is 0 Å². The Hall–Kier alpha value is -2.82. The van der Waals surface area contributed by atoms with Gasteiger partial charge < -0.3 is 15.6 Å². The summed E-state index contributed by atoms with van der Waals surface area (Å²) in [5.41, 5.74) is 6.40. The quantitative estimate of drug-likeness (QED) is 0.894. The molecule has 0 heterocycles. The Balaban J connectivity index is 2.19. The second kappa shape index (κ2) is 5.44. The van der Waals surface area contributed by atoms with Gasteiger partial charge >= 0.3 is 5.97 Å². The van der Waals surface area contributed by atoms with Gasteiger partial charge in [-0.1, -0.05) is 0 Å². The third-order valence-corrected chi connectivity index (χ3v) is 2.80. The molecule has 0 radical (unpaired) electrons. The standard InChI is InChI=1S/C15H13NO4/c1-9-8-12(6-7-13(9)15(18)19)20-11-4-2-10(3-5-11)14(16)17/h2-8H,1H3,(H2,16,17)(H,18,19). The highest BCUT2D eigenvalue weighted by Crippen LogP contribution is 2.24. The van der Waals surface area contributed by atoms with Gasteiger partial charge in [0.15, 0.2) is 0 Å². The molecule has 0 saturated carbocycles. The van der Waals surface area contributed by atoms with Crippen molar-refractivity contribution in [3.8, 4) is 11.5 Å². The fourth-order valence-corrected chi connectivity index (χ4v) is 1.76. The first-order valence-electron chi connectivity index (χ1n) is 5.89. The van der Waals surface area contributed by atoms with Crippen molar-refractivity contribution in [1.29, 1.82) is 0 Å². The van der Waals surface area contributed by atoms with Crippen LogP contribution in [-0.4, -0.2) is 17.0 Å². The minimum atomic E-state index is -0.972. The second-order valence-corrected chi connectivity index (χ2v) is 4.27. The lowest BCUT2D eigenvalue weighted by Gasteiger charge is -2.08. The van der Waals surface area contributed by atoms with E-state index >= 15 is 0 Å². The maximum absolute atomic E-state index is 10.9. The van der Waals surface area contributed by atoms with Gasteiger partial charge in [0, 0.05) is 5.56 Å². The maximum Gasteiger partial charge on any atom is 0.335 e. The number of ether oxygens (including phenoxy) is 1. The lowest BCUT2D eigenvalue weighted by atomic mass is 10.1. The molecule has 0 aliphatic heterocycles. The fourth-order valence-electron chi connectivity index (χ4n) is 1.76. The van der Waals surface area contributed by atoms with Gasteiger partial charge in [-0.2, -0.15) is 0 Å². The average molecular weight is 271 g/mol. The van der Waals surface area contributed by atoms with E-state index in [9.17, 15) is 9.59 Å². The van der Waals surface area contributed by atoms with Crippen LogP contribution in [0.5, 0.6) is 11.5 Å². The minimum Gasteiger partial charge on any atom is -0.478 e. The van der Waals surface area contributed by atoms with Gasteiger partial charge in [0.25, 0.3) is 0 Å². The maximum atomic E-state index is 10.9. The monoisotopic (exact) mass is 271 g/mol. The van der Waals surface area contributed by atoms with Crippen LogP contribution in [0.1, 0.15) is 26.3 Å². The summed E-state index contributed by atoms with van der Waals surface area (Å²) in [6.45, 7) is 1.70. The molecule has 0 aliphatic carbocycles.